The maximum Gasteiger partial charge on any atom is 0.0640 e. The van der Waals surface area contributed by atoms with E-state index in [9.17, 15) is 0 Å². The quantitative estimate of drug-likeness (QED) is 0.158. The number of hydrogen-bond donors (Lipinski definition) is 0. The predicted molar refractivity (Wildman–Crippen MR) is 255 cm³/mol. The van der Waals surface area contributed by atoms with Crippen LogP contribution >= 0.6 is 11.3 Å². The van der Waals surface area contributed by atoms with Gasteiger partial charge in [0.1, 0.15) is 0 Å². The Morgan fingerprint density at radius 3 is 1.92 bits per heavy atom. The number of anilines is 3. The maximum atomic E-state index is 2.49. The van der Waals surface area contributed by atoms with Crippen molar-refractivity contribution in [2.24, 2.45) is 0 Å². The molecule has 0 bridgehead atoms. The number of rotatable bonds is 5. The third-order valence-corrected chi connectivity index (χ3v) is 14.0. The topological polar surface area (TPSA) is 3.24 Å². The molecular weight excluding hydrogens is 731 g/mol. The van der Waals surface area contributed by atoms with Crippen molar-refractivity contribution in [2.75, 3.05) is 4.90 Å². The summed E-state index contributed by atoms with van der Waals surface area (Å²) in [5, 5.41) is 10.3. The summed E-state index contributed by atoms with van der Waals surface area (Å²) in [5.74, 6) is 0. The molecule has 59 heavy (non-hydrogen) atoms. The normalized spacial score (nSPS) is 13.1. The molecule has 0 radical (unpaired) electrons. The van der Waals surface area contributed by atoms with Crippen LogP contribution < -0.4 is 4.90 Å². The second-order valence-corrected chi connectivity index (χ2v) is 17.5. The molecule has 0 fully saturated rings. The largest absolute Gasteiger partial charge is 0.309 e. The lowest BCUT2D eigenvalue weighted by atomic mass is 9.67. The van der Waals surface area contributed by atoms with Crippen LogP contribution in [-0.4, -0.2) is 0 Å². The molecule has 278 valence electrons. The third-order valence-electron chi connectivity index (χ3n) is 12.8. The summed E-state index contributed by atoms with van der Waals surface area (Å²) in [6.07, 6.45) is 0. The Balaban J connectivity index is 1.15. The Labute approximate surface area is 348 Å². The molecule has 0 spiro atoms. The zero-order valence-electron chi connectivity index (χ0n) is 32.9. The molecule has 0 aliphatic heterocycles. The van der Waals surface area contributed by atoms with Crippen LogP contribution in [-0.2, 0) is 5.41 Å². The molecule has 1 aromatic heterocycles. The lowest BCUT2D eigenvalue weighted by Gasteiger charge is -2.37. The minimum atomic E-state index is -0.210. The molecule has 0 amide bonds. The van der Waals surface area contributed by atoms with E-state index in [1.54, 1.807) is 0 Å². The number of fused-ring (bicyclic) bond motifs is 8. The van der Waals surface area contributed by atoms with E-state index in [1.165, 1.54) is 103 Å². The lowest BCUT2D eigenvalue weighted by molar-refractivity contribution is 0.645. The molecule has 10 aromatic carbocycles. The van der Waals surface area contributed by atoms with Crippen LogP contribution in [0.15, 0.2) is 200 Å². The maximum absolute atomic E-state index is 2.49. The lowest BCUT2D eigenvalue weighted by Crippen LogP contribution is -2.24. The zero-order chi connectivity index (χ0) is 39.2. The van der Waals surface area contributed by atoms with Gasteiger partial charge in [0.25, 0.3) is 0 Å². The molecule has 0 unspecified atom stereocenters. The van der Waals surface area contributed by atoms with Crippen molar-refractivity contribution in [1.82, 2.24) is 0 Å². The first kappa shape index (κ1) is 34.1. The van der Waals surface area contributed by atoms with E-state index in [-0.39, 0.29) is 5.41 Å². The van der Waals surface area contributed by atoms with Crippen molar-refractivity contribution in [1.29, 1.82) is 0 Å². The Bertz CT molecular complexity index is 3460. The van der Waals surface area contributed by atoms with E-state index in [0.29, 0.717) is 0 Å². The molecule has 0 N–H and O–H groups in total. The first-order valence-electron chi connectivity index (χ1n) is 20.5. The van der Waals surface area contributed by atoms with Gasteiger partial charge in [-0.05, 0) is 119 Å². The van der Waals surface area contributed by atoms with Crippen molar-refractivity contribution in [3.05, 3.63) is 211 Å². The average molecular weight is 770 g/mol. The van der Waals surface area contributed by atoms with Crippen molar-refractivity contribution >= 4 is 80.9 Å². The summed E-state index contributed by atoms with van der Waals surface area (Å²) < 4.78 is 2.59. The molecule has 0 saturated heterocycles. The fourth-order valence-corrected chi connectivity index (χ4v) is 11.2. The van der Waals surface area contributed by atoms with Gasteiger partial charge in [-0.1, -0.05) is 172 Å². The number of hydrogen-bond acceptors (Lipinski definition) is 2. The third kappa shape index (κ3) is 5.16. The summed E-state index contributed by atoms with van der Waals surface area (Å²) >= 11 is 1.88. The minimum Gasteiger partial charge on any atom is -0.309 e. The molecule has 1 nitrogen and oxygen atoms in total. The van der Waals surface area contributed by atoms with Gasteiger partial charge in [-0.2, -0.15) is 0 Å². The van der Waals surface area contributed by atoms with Crippen molar-refractivity contribution in [3.8, 4) is 33.4 Å². The smallest absolute Gasteiger partial charge is 0.0640 e. The highest BCUT2D eigenvalue weighted by Gasteiger charge is 2.35. The SMILES string of the molecule is CC1(C)c2ccc(N(c3ccc(-c4ccccc4)cc3)c3cccc4c3sc3ccccc34)cc2-c2c(-c3cc4ccccc4c4ccccc34)ccc3cccc1c23. The fraction of sp³-hybridized carbons (Fsp3) is 0.0526. The van der Waals surface area contributed by atoms with E-state index in [1.807, 2.05) is 11.3 Å². The zero-order valence-corrected chi connectivity index (χ0v) is 33.7. The van der Waals surface area contributed by atoms with Gasteiger partial charge in [0.15, 0.2) is 0 Å². The van der Waals surface area contributed by atoms with Crippen LogP contribution in [0, 0.1) is 0 Å². The van der Waals surface area contributed by atoms with Crippen molar-refractivity contribution < 1.29 is 0 Å². The monoisotopic (exact) mass is 769 g/mol. The highest BCUT2D eigenvalue weighted by atomic mass is 32.1. The molecule has 0 atom stereocenters. The Morgan fingerprint density at radius 2 is 1.07 bits per heavy atom. The van der Waals surface area contributed by atoms with Crippen LogP contribution in [0.1, 0.15) is 25.0 Å². The standard InChI is InChI=1S/C57H39NS/c1-57(2)50-33-31-41(58(40-29-26-37(27-30-40)36-14-4-3-5-15-36)52-24-13-22-47-45-21-10-11-25-53(45)59-56(47)52)35-49(50)55-46(32-28-38-17-12-23-51(57)54(38)55)48-34-39-16-6-7-18-42(39)43-19-8-9-20-44(43)48/h3-35H,1-2H3. The van der Waals surface area contributed by atoms with E-state index >= 15 is 0 Å². The van der Waals surface area contributed by atoms with Gasteiger partial charge in [0.05, 0.1) is 10.4 Å². The molecule has 2 heteroatoms. The fourth-order valence-electron chi connectivity index (χ4n) is 10.0. The Morgan fingerprint density at radius 1 is 0.407 bits per heavy atom. The molecule has 1 aliphatic rings. The van der Waals surface area contributed by atoms with Gasteiger partial charge in [-0.25, -0.2) is 0 Å². The summed E-state index contributed by atoms with van der Waals surface area (Å²) in [4.78, 5) is 2.49. The number of benzene rings is 10. The minimum absolute atomic E-state index is 0.210. The second-order valence-electron chi connectivity index (χ2n) is 16.4. The van der Waals surface area contributed by atoms with Crippen LogP contribution in [0.4, 0.5) is 17.1 Å². The molecule has 12 rings (SSSR count). The van der Waals surface area contributed by atoms with Crippen molar-refractivity contribution in [3.63, 3.8) is 0 Å². The first-order chi connectivity index (χ1) is 29.0. The van der Waals surface area contributed by atoms with E-state index in [0.717, 1.165) is 11.4 Å². The van der Waals surface area contributed by atoms with Crippen molar-refractivity contribution in [2.45, 2.75) is 19.3 Å². The Hall–Kier alpha value is -7.00. The van der Waals surface area contributed by atoms with Gasteiger partial charge in [0, 0.05) is 32.3 Å². The van der Waals surface area contributed by atoms with Gasteiger partial charge in [-0.15, -0.1) is 11.3 Å². The average Bonchev–Trinajstić information content (AvgIpc) is 3.68. The van der Waals surface area contributed by atoms with Crippen LogP contribution in [0.5, 0.6) is 0 Å². The van der Waals surface area contributed by atoms with E-state index in [2.05, 4.69) is 219 Å². The van der Waals surface area contributed by atoms with Crippen LogP contribution in [0.25, 0.3) is 85.9 Å². The summed E-state index contributed by atoms with van der Waals surface area (Å²) in [6, 6.07) is 74.5. The van der Waals surface area contributed by atoms with Gasteiger partial charge in [-0.3, -0.25) is 0 Å². The molecular formula is C57H39NS. The summed E-state index contributed by atoms with van der Waals surface area (Å²) in [5.41, 5.74) is 13.5. The van der Waals surface area contributed by atoms with Crippen LogP contribution in [0.2, 0.25) is 0 Å². The number of nitrogens with zero attached hydrogens (tertiary/aromatic N) is 1. The van der Waals surface area contributed by atoms with Gasteiger partial charge >= 0.3 is 0 Å². The van der Waals surface area contributed by atoms with Gasteiger partial charge in [0.2, 0.25) is 0 Å². The molecule has 1 aliphatic carbocycles. The van der Waals surface area contributed by atoms with Crippen LogP contribution in [0.3, 0.4) is 0 Å². The second kappa shape index (κ2) is 13.0. The number of thiophene rings is 1. The predicted octanol–water partition coefficient (Wildman–Crippen LogP) is 16.6. The van der Waals surface area contributed by atoms with Gasteiger partial charge < -0.3 is 4.90 Å². The van der Waals surface area contributed by atoms with E-state index < -0.39 is 0 Å². The highest BCUT2D eigenvalue weighted by Crippen LogP contribution is 2.55. The molecule has 1 heterocycles. The summed E-state index contributed by atoms with van der Waals surface area (Å²) in [7, 11) is 0. The first-order valence-corrected chi connectivity index (χ1v) is 21.3. The summed E-state index contributed by atoms with van der Waals surface area (Å²) in [6.45, 7) is 4.80. The highest BCUT2D eigenvalue weighted by molar-refractivity contribution is 7.26. The molecule has 11 aromatic rings. The Kier molecular flexibility index (Phi) is 7.51. The van der Waals surface area contributed by atoms with E-state index in [4.69, 9.17) is 0 Å². The molecule has 0 saturated carbocycles.